The van der Waals surface area contributed by atoms with E-state index in [2.05, 4.69) is 0 Å². The maximum atomic E-state index is 12.2. The van der Waals surface area contributed by atoms with Crippen molar-refractivity contribution in [1.29, 1.82) is 0 Å². The van der Waals surface area contributed by atoms with E-state index in [9.17, 15) is 12.8 Å². The summed E-state index contributed by atoms with van der Waals surface area (Å²) >= 11 is 5.15. The molecule has 6 heteroatoms. The average molecular weight is 191 g/mol. The van der Waals surface area contributed by atoms with E-state index in [1.807, 2.05) is 0 Å². The molecule has 0 aromatic heterocycles. The van der Waals surface area contributed by atoms with Gasteiger partial charge >= 0.3 is 0 Å². The second-order valence-corrected chi connectivity index (χ2v) is 3.68. The third-order valence-corrected chi connectivity index (χ3v) is 2.04. The predicted molar refractivity (Wildman–Crippen MR) is 36.4 cm³/mol. The Morgan fingerprint density at radius 3 is 2.40 bits per heavy atom. The van der Waals surface area contributed by atoms with E-state index in [4.69, 9.17) is 16.2 Å². The highest BCUT2D eigenvalue weighted by atomic mass is 35.5. The van der Waals surface area contributed by atoms with Gasteiger partial charge in [0.2, 0.25) is 5.50 Å². The maximum Gasteiger partial charge on any atom is 0.297 e. The smallest absolute Gasteiger partial charge is 0.283 e. The maximum absolute atomic E-state index is 12.2. The Morgan fingerprint density at radius 2 is 2.10 bits per heavy atom. The van der Waals surface area contributed by atoms with E-state index in [-0.39, 0.29) is 18.7 Å². The third-order valence-electron chi connectivity index (χ3n) is 0.888. The number of hydrogen-bond donors (Lipinski definition) is 1. The molecule has 0 aliphatic heterocycles. The standard InChI is InChI=1S/C4H8ClFO3S/c5-3-1-2-4(6)10(7,8)9/h4H,1-3H2,(H,7,8,9). The second-order valence-electron chi connectivity index (χ2n) is 1.76. The lowest BCUT2D eigenvalue weighted by Crippen LogP contribution is -2.14. The van der Waals surface area contributed by atoms with Crippen molar-refractivity contribution < 1.29 is 17.4 Å². The van der Waals surface area contributed by atoms with Crippen LogP contribution in [-0.2, 0) is 10.1 Å². The fourth-order valence-corrected chi connectivity index (χ4v) is 1.01. The van der Waals surface area contributed by atoms with Crippen LogP contribution in [0.5, 0.6) is 0 Å². The topological polar surface area (TPSA) is 54.4 Å². The first kappa shape index (κ1) is 10.1. The zero-order valence-corrected chi connectivity index (χ0v) is 6.70. The molecule has 0 saturated heterocycles. The molecule has 0 saturated carbocycles. The van der Waals surface area contributed by atoms with E-state index in [1.165, 1.54) is 0 Å². The molecule has 0 spiro atoms. The fourth-order valence-electron chi connectivity index (χ4n) is 0.387. The summed E-state index contributed by atoms with van der Waals surface area (Å²) in [6.07, 6.45) is -0.00908. The highest BCUT2D eigenvalue weighted by Gasteiger charge is 2.20. The molecule has 0 rings (SSSR count). The summed E-state index contributed by atoms with van der Waals surface area (Å²) in [6, 6.07) is 0. The first-order valence-electron chi connectivity index (χ1n) is 2.65. The molecule has 0 fully saturated rings. The van der Waals surface area contributed by atoms with Crippen LogP contribution in [-0.4, -0.2) is 24.4 Å². The summed E-state index contributed by atoms with van der Waals surface area (Å²) in [5.74, 6) is 0.190. The Balaban J connectivity index is 3.75. The van der Waals surface area contributed by atoms with Gasteiger partial charge in [0, 0.05) is 5.88 Å². The van der Waals surface area contributed by atoms with E-state index in [0.29, 0.717) is 0 Å². The average Bonchev–Trinajstić information content (AvgIpc) is 1.80. The van der Waals surface area contributed by atoms with Crippen LogP contribution in [0.15, 0.2) is 0 Å². The molecule has 1 atom stereocenters. The summed E-state index contributed by atoms with van der Waals surface area (Å²) in [4.78, 5) is 0. The molecule has 0 amide bonds. The van der Waals surface area contributed by atoms with Crippen LogP contribution in [0.3, 0.4) is 0 Å². The van der Waals surface area contributed by atoms with E-state index in [0.717, 1.165) is 0 Å². The Morgan fingerprint density at radius 1 is 1.60 bits per heavy atom. The molecule has 0 aliphatic carbocycles. The van der Waals surface area contributed by atoms with Crippen LogP contribution in [0.2, 0.25) is 0 Å². The van der Waals surface area contributed by atoms with Gasteiger partial charge in [-0.15, -0.1) is 11.6 Å². The molecule has 1 unspecified atom stereocenters. The van der Waals surface area contributed by atoms with Crippen LogP contribution in [0.25, 0.3) is 0 Å². The number of halogens is 2. The van der Waals surface area contributed by atoms with Crippen molar-refractivity contribution in [2.75, 3.05) is 5.88 Å². The van der Waals surface area contributed by atoms with Crippen molar-refractivity contribution in [2.24, 2.45) is 0 Å². The van der Waals surface area contributed by atoms with Crippen molar-refractivity contribution in [2.45, 2.75) is 18.3 Å². The lowest BCUT2D eigenvalue weighted by Gasteiger charge is -2.00. The largest absolute Gasteiger partial charge is 0.297 e. The normalized spacial score (nSPS) is 15.1. The van der Waals surface area contributed by atoms with E-state index >= 15 is 0 Å². The highest BCUT2D eigenvalue weighted by molar-refractivity contribution is 7.86. The van der Waals surface area contributed by atoms with Crippen molar-refractivity contribution in [3.8, 4) is 0 Å². The molecule has 0 aliphatic rings. The quantitative estimate of drug-likeness (QED) is 0.535. The lowest BCUT2D eigenvalue weighted by atomic mass is 10.4. The molecule has 0 aromatic carbocycles. The Labute approximate surface area is 63.9 Å². The third kappa shape index (κ3) is 4.03. The minimum Gasteiger partial charge on any atom is -0.283 e. The summed E-state index contributed by atoms with van der Waals surface area (Å²) in [5.41, 5.74) is -2.19. The van der Waals surface area contributed by atoms with Gasteiger partial charge in [0.25, 0.3) is 10.1 Å². The molecule has 10 heavy (non-hydrogen) atoms. The van der Waals surface area contributed by atoms with Gasteiger partial charge in [-0.3, -0.25) is 4.55 Å². The van der Waals surface area contributed by atoms with Gasteiger partial charge in [0.05, 0.1) is 0 Å². The van der Waals surface area contributed by atoms with Crippen molar-refractivity contribution in [3.05, 3.63) is 0 Å². The van der Waals surface area contributed by atoms with Crippen LogP contribution in [0.1, 0.15) is 12.8 Å². The van der Waals surface area contributed by atoms with Gasteiger partial charge < -0.3 is 0 Å². The summed E-state index contributed by atoms with van der Waals surface area (Å²) in [7, 11) is -4.50. The molecule has 3 nitrogen and oxygen atoms in total. The van der Waals surface area contributed by atoms with Crippen molar-refractivity contribution >= 4 is 21.7 Å². The first-order chi connectivity index (χ1) is 4.48. The first-order valence-corrected chi connectivity index (χ1v) is 4.68. The van der Waals surface area contributed by atoms with Crippen molar-refractivity contribution in [1.82, 2.24) is 0 Å². The van der Waals surface area contributed by atoms with Gasteiger partial charge in [0.1, 0.15) is 0 Å². The van der Waals surface area contributed by atoms with Gasteiger partial charge in [-0.25, -0.2) is 4.39 Å². The Hall–Kier alpha value is 0.130. The van der Waals surface area contributed by atoms with E-state index in [1.54, 1.807) is 0 Å². The molecular weight excluding hydrogens is 183 g/mol. The summed E-state index contributed by atoms with van der Waals surface area (Å²) in [5, 5.41) is 0. The zero-order valence-electron chi connectivity index (χ0n) is 5.13. The van der Waals surface area contributed by atoms with Crippen LogP contribution >= 0.6 is 11.6 Å². The molecule has 0 heterocycles. The predicted octanol–water partition coefficient (Wildman–Crippen LogP) is 1.19. The van der Waals surface area contributed by atoms with Crippen LogP contribution < -0.4 is 0 Å². The van der Waals surface area contributed by atoms with Gasteiger partial charge in [-0.05, 0) is 12.8 Å². The highest BCUT2D eigenvalue weighted by Crippen LogP contribution is 2.08. The van der Waals surface area contributed by atoms with Gasteiger partial charge in [-0.2, -0.15) is 8.42 Å². The number of alkyl halides is 2. The fraction of sp³-hybridized carbons (Fsp3) is 1.00. The minimum absolute atomic E-state index is 0.190. The van der Waals surface area contributed by atoms with E-state index < -0.39 is 15.6 Å². The molecular formula is C4H8ClFO3S. The van der Waals surface area contributed by atoms with Crippen molar-refractivity contribution in [3.63, 3.8) is 0 Å². The number of hydrogen-bond acceptors (Lipinski definition) is 2. The molecule has 62 valence electrons. The second kappa shape index (κ2) is 4.10. The SMILES string of the molecule is O=S(=O)(O)C(F)CCCCl. The Kier molecular flexibility index (Phi) is 4.15. The van der Waals surface area contributed by atoms with Gasteiger partial charge in [0.15, 0.2) is 0 Å². The summed E-state index contributed by atoms with van der Waals surface area (Å²) in [6.45, 7) is 0. The molecule has 0 radical (unpaired) electrons. The minimum atomic E-state index is -4.50. The summed E-state index contributed by atoms with van der Waals surface area (Å²) < 4.78 is 40.2. The van der Waals surface area contributed by atoms with Crippen LogP contribution in [0, 0.1) is 0 Å². The van der Waals surface area contributed by atoms with Crippen LogP contribution in [0.4, 0.5) is 4.39 Å². The molecule has 0 bridgehead atoms. The Bertz CT molecular complexity index is 179. The lowest BCUT2D eigenvalue weighted by molar-refractivity contribution is 0.357. The molecule has 0 aromatic rings. The molecule has 1 N–H and O–H groups in total. The monoisotopic (exact) mass is 190 g/mol. The van der Waals surface area contributed by atoms with Gasteiger partial charge in [-0.1, -0.05) is 0 Å². The number of rotatable bonds is 4. The zero-order chi connectivity index (χ0) is 8.20.